The van der Waals surface area contributed by atoms with Crippen LogP contribution in [0, 0.1) is 11.8 Å². The Bertz CT molecular complexity index is 546. The van der Waals surface area contributed by atoms with Crippen molar-refractivity contribution >= 4 is 5.97 Å². The Morgan fingerprint density at radius 1 is 1.35 bits per heavy atom. The monoisotopic (exact) mass is 322 g/mol. The van der Waals surface area contributed by atoms with E-state index in [0.29, 0.717) is 37.1 Å². The predicted octanol–water partition coefficient (Wildman–Crippen LogP) is 2.64. The van der Waals surface area contributed by atoms with Gasteiger partial charge in [-0.25, -0.2) is 0 Å². The predicted molar refractivity (Wildman–Crippen MR) is 86.1 cm³/mol. The average molecular weight is 322 g/mol. The highest BCUT2D eigenvalue weighted by Gasteiger charge is 2.48. The third kappa shape index (κ3) is 4.53. The molecule has 0 amide bonds. The van der Waals surface area contributed by atoms with Crippen LogP contribution >= 0.6 is 0 Å². The van der Waals surface area contributed by atoms with Crippen molar-refractivity contribution in [1.29, 1.82) is 0 Å². The van der Waals surface area contributed by atoms with Gasteiger partial charge in [0.2, 0.25) is 0 Å². The van der Waals surface area contributed by atoms with Crippen molar-refractivity contribution in [3.8, 4) is 5.75 Å². The van der Waals surface area contributed by atoms with Crippen LogP contribution < -0.4 is 4.74 Å². The van der Waals surface area contributed by atoms with Crippen molar-refractivity contribution in [1.82, 2.24) is 0 Å². The van der Waals surface area contributed by atoms with E-state index in [1.165, 1.54) is 0 Å². The number of carbonyl (C=O) groups excluding carboxylic acids is 1. The summed E-state index contributed by atoms with van der Waals surface area (Å²) in [5.74, 6) is 0.375. The van der Waals surface area contributed by atoms with Crippen molar-refractivity contribution in [2.24, 2.45) is 11.8 Å². The fourth-order valence-corrected chi connectivity index (χ4v) is 2.18. The molecule has 1 aromatic rings. The maximum Gasteiger partial charge on any atom is 0.313 e. The fraction of sp³-hybridized carbons (Fsp3) is 0.611. The van der Waals surface area contributed by atoms with E-state index in [1.54, 1.807) is 19.9 Å². The molecule has 0 bridgehead atoms. The van der Waals surface area contributed by atoms with Crippen LogP contribution in [0.15, 0.2) is 18.2 Å². The van der Waals surface area contributed by atoms with Crippen LogP contribution in [-0.2, 0) is 26.5 Å². The second-order valence-electron chi connectivity index (χ2n) is 6.76. The first-order valence-corrected chi connectivity index (χ1v) is 8.05. The molecule has 1 aliphatic heterocycles. The van der Waals surface area contributed by atoms with Crippen molar-refractivity contribution in [3.63, 3.8) is 0 Å². The Labute approximate surface area is 137 Å². The van der Waals surface area contributed by atoms with Crippen molar-refractivity contribution in [2.45, 2.75) is 39.9 Å². The molecule has 1 aliphatic rings. The van der Waals surface area contributed by atoms with E-state index in [0.717, 1.165) is 5.56 Å². The topological polar surface area (TPSA) is 68.3 Å². The molecule has 0 radical (unpaired) electrons. The molecule has 23 heavy (non-hydrogen) atoms. The van der Waals surface area contributed by atoms with Crippen LogP contribution in [0.2, 0.25) is 0 Å². The van der Waals surface area contributed by atoms with Gasteiger partial charge in [0, 0.05) is 12.2 Å². The van der Waals surface area contributed by atoms with Crippen LogP contribution in [0.5, 0.6) is 5.75 Å². The normalized spacial score (nSPS) is 20.1. The lowest BCUT2D eigenvalue weighted by Crippen LogP contribution is -2.20. The summed E-state index contributed by atoms with van der Waals surface area (Å²) in [6.07, 6.45) is 0. The van der Waals surface area contributed by atoms with E-state index in [9.17, 15) is 9.90 Å². The molecular weight excluding hydrogens is 296 g/mol. The molecule has 5 nitrogen and oxygen atoms in total. The molecule has 1 aromatic carbocycles. The summed E-state index contributed by atoms with van der Waals surface area (Å²) >= 11 is 0. The fourth-order valence-electron chi connectivity index (χ4n) is 2.18. The van der Waals surface area contributed by atoms with Gasteiger partial charge in [0.1, 0.15) is 11.4 Å². The summed E-state index contributed by atoms with van der Waals surface area (Å²) in [7, 11) is 0. The third-order valence-electron chi connectivity index (χ3n) is 3.69. The standard InChI is InChI=1S/C18H26O5/c1-12(2)8-21-9-14-5-6-15(18(10-19)11-22-18)16(7-14)23-17(20)13(3)4/h5-7,12-13,19H,8-11H2,1-4H3. The number of aliphatic hydroxyl groups excluding tert-OH is 1. The maximum absolute atomic E-state index is 12.0. The van der Waals surface area contributed by atoms with Crippen molar-refractivity contribution in [2.75, 3.05) is 19.8 Å². The lowest BCUT2D eigenvalue weighted by atomic mass is 9.98. The first-order chi connectivity index (χ1) is 10.9. The van der Waals surface area contributed by atoms with Crippen LogP contribution in [0.25, 0.3) is 0 Å². The summed E-state index contributed by atoms with van der Waals surface area (Å²) in [6.45, 7) is 9.18. The molecule has 128 valence electrons. The number of esters is 1. The van der Waals surface area contributed by atoms with E-state index in [2.05, 4.69) is 13.8 Å². The average Bonchev–Trinajstić information content (AvgIpc) is 3.28. The number of aliphatic hydroxyl groups is 1. The Hall–Kier alpha value is -1.43. The molecule has 0 saturated carbocycles. The molecule has 1 saturated heterocycles. The van der Waals surface area contributed by atoms with Gasteiger partial charge < -0.3 is 19.3 Å². The number of carbonyl (C=O) groups is 1. The molecule has 0 aliphatic carbocycles. The van der Waals surface area contributed by atoms with Crippen molar-refractivity contribution in [3.05, 3.63) is 29.3 Å². The number of epoxide rings is 1. The minimum atomic E-state index is -0.732. The Morgan fingerprint density at radius 2 is 2.04 bits per heavy atom. The third-order valence-corrected chi connectivity index (χ3v) is 3.69. The van der Waals surface area contributed by atoms with E-state index >= 15 is 0 Å². The smallest absolute Gasteiger partial charge is 0.313 e. The van der Waals surface area contributed by atoms with E-state index in [4.69, 9.17) is 14.2 Å². The van der Waals surface area contributed by atoms with Gasteiger partial charge in [0.05, 0.1) is 25.7 Å². The summed E-state index contributed by atoms with van der Waals surface area (Å²) in [6, 6.07) is 5.57. The number of rotatable bonds is 8. The molecule has 1 atom stereocenters. The van der Waals surface area contributed by atoms with Crippen molar-refractivity contribution < 1.29 is 24.1 Å². The van der Waals surface area contributed by atoms with Gasteiger partial charge in [0.25, 0.3) is 0 Å². The van der Waals surface area contributed by atoms with Gasteiger partial charge in [-0.15, -0.1) is 0 Å². The minimum absolute atomic E-state index is 0.136. The van der Waals surface area contributed by atoms with Gasteiger partial charge >= 0.3 is 5.97 Å². The minimum Gasteiger partial charge on any atom is -0.426 e. The summed E-state index contributed by atoms with van der Waals surface area (Å²) in [5.41, 5.74) is 0.903. The van der Waals surface area contributed by atoms with E-state index in [1.807, 2.05) is 12.1 Å². The SMILES string of the molecule is CC(C)COCc1ccc(C2(CO)CO2)c(OC(=O)C(C)C)c1. The molecule has 0 aromatic heterocycles. The lowest BCUT2D eigenvalue weighted by molar-refractivity contribution is -0.137. The highest BCUT2D eigenvalue weighted by Crippen LogP contribution is 2.43. The quantitative estimate of drug-likeness (QED) is 0.453. The zero-order valence-electron chi connectivity index (χ0n) is 14.3. The van der Waals surface area contributed by atoms with Crippen LogP contribution in [0.1, 0.15) is 38.8 Å². The Balaban J connectivity index is 2.20. The van der Waals surface area contributed by atoms with Gasteiger partial charge in [-0.1, -0.05) is 39.8 Å². The van der Waals surface area contributed by atoms with Crippen LogP contribution in [0.3, 0.4) is 0 Å². The van der Waals surface area contributed by atoms with Gasteiger partial charge in [0.15, 0.2) is 0 Å². The molecule has 5 heteroatoms. The number of benzene rings is 1. The first kappa shape index (κ1) is 17.9. The zero-order valence-corrected chi connectivity index (χ0v) is 14.3. The molecule has 1 unspecified atom stereocenters. The number of hydrogen-bond acceptors (Lipinski definition) is 5. The highest BCUT2D eigenvalue weighted by atomic mass is 16.6. The second-order valence-corrected chi connectivity index (χ2v) is 6.76. The second kappa shape index (κ2) is 7.43. The van der Waals surface area contributed by atoms with Crippen LogP contribution in [0.4, 0.5) is 0 Å². The molecule has 0 spiro atoms. The molecule has 1 fully saturated rings. The molecule has 1 N–H and O–H groups in total. The van der Waals surface area contributed by atoms with Gasteiger partial charge in [-0.3, -0.25) is 4.79 Å². The molecule has 2 rings (SSSR count). The lowest BCUT2D eigenvalue weighted by Gasteiger charge is -2.17. The van der Waals surface area contributed by atoms with E-state index < -0.39 is 5.60 Å². The first-order valence-electron chi connectivity index (χ1n) is 8.05. The Morgan fingerprint density at radius 3 is 2.57 bits per heavy atom. The highest BCUT2D eigenvalue weighted by molar-refractivity contribution is 5.75. The van der Waals surface area contributed by atoms with Gasteiger partial charge in [-0.2, -0.15) is 0 Å². The summed E-state index contributed by atoms with van der Waals surface area (Å²) in [5, 5.41) is 9.56. The van der Waals surface area contributed by atoms with Gasteiger partial charge in [-0.05, 0) is 17.5 Å². The number of ether oxygens (including phenoxy) is 3. The summed E-state index contributed by atoms with van der Waals surface area (Å²) in [4.78, 5) is 12.0. The molecular formula is C18H26O5. The van der Waals surface area contributed by atoms with Crippen LogP contribution in [-0.4, -0.2) is 30.9 Å². The largest absolute Gasteiger partial charge is 0.426 e. The molecule has 1 heterocycles. The number of hydrogen-bond donors (Lipinski definition) is 1. The Kier molecular flexibility index (Phi) is 5.79. The maximum atomic E-state index is 12.0. The summed E-state index contributed by atoms with van der Waals surface area (Å²) < 4.78 is 16.5. The van der Waals surface area contributed by atoms with E-state index in [-0.39, 0.29) is 18.5 Å². The zero-order chi connectivity index (χ0) is 17.0.